The van der Waals surface area contributed by atoms with Gasteiger partial charge in [0.15, 0.2) is 5.76 Å². The van der Waals surface area contributed by atoms with E-state index in [4.69, 9.17) is 9.15 Å². The molecule has 1 aromatic heterocycles. The molecule has 4 nitrogen and oxygen atoms in total. The molecule has 1 N–H and O–H groups in total. The van der Waals surface area contributed by atoms with Gasteiger partial charge in [0, 0.05) is 5.69 Å². The lowest BCUT2D eigenvalue weighted by Crippen LogP contribution is -2.12. The fourth-order valence-electron chi connectivity index (χ4n) is 2.16. The number of carbonyl (C=O) groups excluding carboxylic acids is 1. The molecule has 0 atom stereocenters. The second-order valence-corrected chi connectivity index (χ2v) is 5.28. The Labute approximate surface area is 138 Å². The molecule has 3 aromatic rings. The molecular formula is C19H16FNO3. The number of carbonyl (C=O) groups is 1. The maximum Gasteiger partial charge on any atom is 0.291 e. The maximum absolute atomic E-state index is 13.3. The van der Waals surface area contributed by atoms with Gasteiger partial charge in [-0.15, -0.1) is 0 Å². The van der Waals surface area contributed by atoms with Crippen molar-refractivity contribution in [2.45, 2.75) is 13.5 Å². The van der Waals surface area contributed by atoms with E-state index in [0.29, 0.717) is 11.4 Å². The predicted molar refractivity (Wildman–Crippen MR) is 88.6 cm³/mol. The van der Waals surface area contributed by atoms with E-state index in [1.807, 2.05) is 30.3 Å². The molecule has 0 aliphatic heterocycles. The number of rotatable bonds is 5. The van der Waals surface area contributed by atoms with E-state index in [0.717, 1.165) is 11.3 Å². The summed E-state index contributed by atoms with van der Waals surface area (Å²) in [5.41, 5.74) is 1.18. The van der Waals surface area contributed by atoms with Gasteiger partial charge >= 0.3 is 0 Å². The Kier molecular flexibility index (Phi) is 4.61. The van der Waals surface area contributed by atoms with Gasteiger partial charge < -0.3 is 14.5 Å². The average molecular weight is 325 g/mol. The minimum absolute atomic E-state index is 0.144. The first-order valence-corrected chi connectivity index (χ1v) is 7.46. The Hall–Kier alpha value is -3.08. The van der Waals surface area contributed by atoms with Crippen molar-refractivity contribution < 1.29 is 18.3 Å². The molecule has 0 aliphatic carbocycles. The summed E-state index contributed by atoms with van der Waals surface area (Å²) in [7, 11) is 0. The third kappa shape index (κ3) is 3.81. The Morgan fingerprint density at radius 3 is 2.71 bits per heavy atom. The molecule has 0 spiro atoms. The Bertz CT molecular complexity index is 843. The molecule has 24 heavy (non-hydrogen) atoms. The van der Waals surface area contributed by atoms with Crippen LogP contribution in [0, 0.1) is 12.7 Å². The number of hydrogen-bond acceptors (Lipinski definition) is 3. The molecule has 5 heteroatoms. The van der Waals surface area contributed by atoms with Crippen LogP contribution in [0.3, 0.4) is 0 Å². The predicted octanol–water partition coefficient (Wildman–Crippen LogP) is 4.56. The molecule has 0 saturated carbocycles. The molecule has 0 aliphatic rings. The van der Waals surface area contributed by atoms with Crippen molar-refractivity contribution in [3.05, 3.63) is 83.6 Å². The van der Waals surface area contributed by atoms with Crippen LogP contribution in [-0.2, 0) is 6.61 Å². The van der Waals surface area contributed by atoms with Gasteiger partial charge in [-0.25, -0.2) is 4.39 Å². The van der Waals surface area contributed by atoms with Gasteiger partial charge in [0.05, 0.1) is 0 Å². The summed E-state index contributed by atoms with van der Waals surface area (Å²) in [5.74, 6) is 0.544. The van der Waals surface area contributed by atoms with Gasteiger partial charge in [-0.2, -0.15) is 0 Å². The lowest BCUT2D eigenvalue weighted by atomic mass is 10.2. The highest BCUT2D eigenvalue weighted by Gasteiger charge is 2.13. The zero-order valence-corrected chi connectivity index (χ0v) is 13.1. The Morgan fingerprint density at radius 2 is 1.92 bits per heavy atom. The lowest BCUT2D eigenvalue weighted by molar-refractivity contribution is 0.0992. The third-order valence-corrected chi connectivity index (χ3v) is 3.46. The topological polar surface area (TPSA) is 51.5 Å². The third-order valence-electron chi connectivity index (χ3n) is 3.46. The first kappa shape index (κ1) is 15.8. The number of halogens is 1. The molecule has 0 bridgehead atoms. The molecule has 1 heterocycles. The van der Waals surface area contributed by atoms with Gasteiger partial charge in [0.25, 0.3) is 5.91 Å². The molecule has 0 radical (unpaired) electrons. The number of aryl methyl sites for hydroxylation is 1. The summed E-state index contributed by atoms with van der Waals surface area (Å²) in [4.78, 5) is 12.2. The van der Waals surface area contributed by atoms with Gasteiger partial charge in [-0.1, -0.05) is 24.3 Å². The molecule has 1 amide bonds. The quantitative estimate of drug-likeness (QED) is 0.748. The number of ether oxygens (including phenoxy) is 1. The summed E-state index contributed by atoms with van der Waals surface area (Å²) in [5, 5.41) is 2.64. The summed E-state index contributed by atoms with van der Waals surface area (Å²) in [6, 6.07) is 16.8. The number of para-hydroxylation sites is 1. The van der Waals surface area contributed by atoms with Crippen LogP contribution in [0.15, 0.2) is 65.1 Å². The van der Waals surface area contributed by atoms with Crippen LogP contribution >= 0.6 is 0 Å². The van der Waals surface area contributed by atoms with E-state index in [-0.39, 0.29) is 12.4 Å². The van der Waals surface area contributed by atoms with Gasteiger partial charge in [0.2, 0.25) is 0 Å². The first-order valence-electron chi connectivity index (χ1n) is 7.46. The molecule has 3 rings (SSSR count). The molecule has 0 unspecified atom stereocenters. The highest BCUT2D eigenvalue weighted by Crippen LogP contribution is 2.18. The van der Waals surface area contributed by atoms with E-state index in [1.165, 1.54) is 12.1 Å². The number of hydrogen-bond donors (Lipinski definition) is 1. The van der Waals surface area contributed by atoms with Crippen LogP contribution < -0.4 is 10.1 Å². The Morgan fingerprint density at radius 1 is 1.12 bits per heavy atom. The standard InChI is InChI=1S/C19H16FNO3/c1-13-7-8-14(20)11-17(13)21-19(22)18-10-9-16(24-18)12-23-15-5-3-2-4-6-15/h2-11H,12H2,1H3,(H,21,22). The van der Waals surface area contributed by atoms with Crippen molar-refractivity contribution in [2.75, 3.05) is 5.32 Å². The van der Waals surface area contributed by atoms with Gasteiger partial charge in [-0.3, -0.25) is 4.79 Å². The number of benzene rings is 2. The van der Waals surface area contributed by atoms with Crippen molar-refractivity contribution in [3.63, 3.8) is 0 Å². The second kappa shape index (κ2) is 7.00. The minimum atomic E-state index is -0.435. The van der Waals surface area contributed by atoms with Crippen molar-refractivity contribution in [2.24, 2.45) is 0 Å². The molecule has 0 fully saturated rings. The molecule has 0 saturated heterocycles. The number of anilines is 1. The lowest BCUT2D eigenvalue weighted by Gasteiger charge is -2.07. The maximum atomic E-state index is 13.3. The second-order valence-electron chi connectivity index (χ2n) is 5.28. The highest BCUT2D eigenvalue weighted by molar-refractivity contribution is 6.02. The Balaban J connectivity index is 1.64. The van der Waals surface area contributed by atoms with Crippen molar-refractivity contribution in [1.29, 1.82) is 0 Å². The normalized spacial score (nSPS) is 10.4. The van der Waals surface area contributed by atoms with Crippen LogP contribution in [0.4, 0.5) is 10.1 Å². The van der Waals surface area contributed by atoms with E-state index in [9.17, 15) is 9.18 Å². The molecular weight excluding hydrogens is 309 g/mol. The summed E-state index contributed by atoms with van der Waals surface area (Å²) >= 11 is 0. The zero-order chi connectivity index (χ0) is 16.9. The molecule has 122 valence electrons. The average Bonchev–Trinajstić information content (AvgIpc) is 3.06. The summed E-state index contributed by atoms with van der Waals surface area (Å²) in [6.45, 7) is 2.01. The minimum Gasteiger partial charge on any atom is -0.486 e. The van der Waals surface area contributed by atoms with Gasteiger partial charge in [0.1, 0.15) is 23.9 Å². The monoisotopic (exact) mass is 325 g/mol. The molecule has 2 aromatic carbocycles. The SMILES string of the molecule is Cc1ccc(F)cc1NC(=O)c1ccc(COc2ccccc2)o1. The summed E-state index contributed by atoms with van der Waals surface area (Å²) < 4.78 is 24.3. The van der Waals surface area contributed by atoms with Gasteiger partial charge in [-0.05, 0) is 48.9 Å². The van der Waals surface area contributed by atoms with Crippen LogP contribution in [0.2, 0.25) is 0 Å². The summed E-state index contributed by atoms with van der Waals surface area (Å²) in [6.07, 6.45) is 0. The van der Waals surface area contributed by atoms with Crippen molar-refractivity contribution in [1.82, 2.24) is 0 Å². The van der Waals surface area contributed by atoms with Crippen LogP contribution in [0.1, 0.15) is 21.9 Å². The zero-order valence-electron chi connectivity index (χ0n) is 13.1. The number of amides is 1. The number of nitrogens with one attached hydrogen (secondary N) is 1. The number of furan rings is 1. The van der Waals surface area contributed by atoms with Crippen LogP contribution in [0.5, 0.6) is 5.75 Å². The fraction of sp³-hybridized carbons (Fsp3) is 0.105. The van der Waals surface area contributed by atoms with E-state index in [2.05, 4.69) is 5.32 Å². The smallest absolute Gasteiger partial charge is 0.291 e. The van der Waals surface area contributed by atoms with E-state index >= 15 is 0 Å². The van der Waals surface area contributed by atoms with Crippen molar-refractivity contribution in [3.8, 4) is 5.75 Å². The highest BCUT2D eigenvalue weighted by atomic mass is 19.1. The van der Waals surface area contributed by atoms with Crippen molar-refractivity contribution >= 4 is 11.6 Å². The van der Waals surface area contributed by atoms with E-state index < -0.39 is 11.7 Å². The van der Waals surface area contributed by atoms with Crippen LogP contribution in [0.25, 0.3) is 0 Å². The fourth-order valence-corrected chi connectivity index (χ4v) is 2.16. The van der Waals surface area contributed by atoms with E-state index in [1.54, 1.807) is 25.1 Å². The largest absolute Gasteiger partial charge is 0.486 e. The van der Waals surface area contributed by atoms with Crippen LogP contribution in [-0.4, -0.2) is 5.91 Å². The first-order chi connectivity index (χ1) is 11.6.